The molecule has 25 heavy (non-hydrogen) atoms. The second kappa shape index (κ2) is 7.15. The van der Waals surface area contributed by atoms with Crippen molar-refractivity contribution in [2.75, 3.05) is 0 Å². The molecule has 124 valence electrons. The van der Waals surface area contributed by atoms with Crippen molar-refractivity contribution >= 4 is 0 Å². The van der Waals surface area contributed by atoms with Crippen molar-refractivity contribution in [3.05, 3.63) is 103 Å². The van der Waals surface area contributed by atoms with Gasteiger partial charge in [-0.1, -0.05) is 42.5 Å². The maximum Gasteiger partial charge on any atom is 0.127 e. The number of hydrogen-bond acceptors (Lipinski definition) is 3. The molecule has 5 heteroatoms. The maximum atomic E-state index is 4.42. The molecule has 0 amide bonds. The van der Waals surface area contributed by atoms with E-state index in [1.54, 1.807) is 18.7 Å². The Morgan fingerprint density at radius 1 is 1.00 bits per heavy atom. The summed E-state index contributed by atoms with van der Waals surface area (Å²) in [4.78, 5) is 11.7. The second-order valence-electron chi connectivity index (χ2n) is 5.84. The molecule has 0 spiro atoms. The van der Waals surface area contributed by atoms with Gasteiger partial charge in [0.05, 0.1) is 12.4 Å². The van der Waals surface area contributed by atoms with Crippen LogP contribution in [0.25, 0.3) is 5.69 Å². The van der Waals surface area contributed by atoms with Crippen LogP contribution < -0.4 is 5.32 Å². The lowest BCUT2D eigenvalue weighted by atomic mass is 10.1. The Hall–Kier alpha value is -3.18. The van der Waals surface area contributed by atoms with Crippen LogP contribution in [0.5, 0.6) is 0 Å². The molecule has 1 unspecified atom stereocenters. The molecule has 0 bridgehead atoms. The fourth-order valence-corrected chi connectivity index (χ4v) is 2.87. The summed E-state index contributed by atoms with van der Waals surface area (Å²) in [5.41, 5.74) is 3.51. The molecular weight excluding hydrogens is 310 g/mol. The molecule has 1 atom stereocenters. The SMILES string of the molecule is c1ccc(C(NCc2ccc(-n3ccnc3)cc2)c2ncc[nH]2)cc1. The van der Waals surface area contributed by atoms with Gasteiger partial charge in [-0.15, -0.1) is 0 Å². The lowest BCUT2D eigenvalue weighted by Crippen LogP contribution is -2.23. The van der Waals surface area contributed by atoms with E-state index in [1.807, 2.05) is 35.2 Å². The van der Waals surface area contributed by atoms with Gasteiger partial charge in [-0.3, -0.25) is 5.32 Å². The predicted molar refractivity (Wildman–Crippen MR) is 97.3 cm³/mol. The number of nitrogens with one attached hydrogen (secondary N) is 2. The van der Waals surface area contributed by atoms with Crippen LogP contribution in [0.3, 0.4) is 0 Å². The van der Waals surface area contributed by atoms with E-state index in [0.717, 1.165) is 18.1 Å². The van der Waals surface area contributed by atoms with Gasteiger partial charge < -0.3 is 9.55 Å². The van der Waals surface area contributed by atoms with E-state index >= 15 is 0 Å². The molecule has 4 rings (SSSR count). The summed E-state index contributed by atoms with van der Waals surface area (Å²) in [5.74, 6) is 0.918. The number of H-pyrrole nitrogens is 1. The van der Waals surface area contributed by atoms with Crippen LogP contribution >= 0.6 is 0 Å². The minimum atomic E-state index is 0.0320. The molecule has 2 aromatic carbocycles. The molecule has 2 N–H and O–H groups in total. The first-order chi connectivity index (χ1) is 12.4. The van der Waals surface area contributed by atoms with Crippen molar-refractivity contribution in [2.45, 2.75) is 12.6 Å². The standard InChI is InChI=1S/C20H19N5/c1-2-4-17(5-3-1)19(20-22-10-11-23-20)24-14-16-6-8-18(9-7-16)25-13-12-21-15-25/h1-13,15,19,24H,14H2,(H,22,23). The summed E-state index contributed by atoms with van der Waals surface area (Å²) >= 11 is 0. The van der Waals surface area contributed by atoms with E-state index in [0.29, 0.717) is 0 Å². The Bertz CT molecular complexity index is 881. The first-order valence-corrected chi connectivity index (χ1v) is 8.25. The minimum Gasteiger partial charge on any atom is -0.347 e. The van der Waals surface area contributed by atoms with Gasteiger partial charge in [0, 0.05) is 37.0 Å². The number of aromatic amines is 1. The molecular formula is C20H19N5. The van der Waals surface area contributed by atoms with Crippen LogP contribution in [0, 0.1) is 0 Å². The Balaban J connectivity index is 1.50. The fraction of sp³-hybridized carbons (Fsp3) is 0.100. The Labute approximate surface area is 146 Å². The minimum absolute atomic E-state index is 0.0320. The summed E-state index contributed by atoms with van der Waals surface area (Å²) in [7, 11) is 0. The zero-order chi connectivity index (χ0) is 16.9. The molecule has 0 fully saturated rings. The van der Waals surface area contributed by atoms with Crippen molar-refractivity contribution in [3.8, 4) is 5.69 Å². The number of benzene rings is 2. The molecule has 0 aliphatic heterocycles. The highest BCUT2D eigenvalue weighted by atomic mass is 15.0. The number of nitrogens with zero attached hydrogens (tertiary/aromatic N) is 3. The monoisotopic (exact) mass is 329 g/mol. The highest BCUT2D eigenvalue weighted by Crippen LogP contribution is 2.19. The van der Waals surface area contributed by atoms with Gasteiger partial charge in [-0.25, -0.2) is 9.97 Å². The molecule has 2 aromatic heterocycles. The van der Waals surface area contributed by atoms with Gasteiger partial charge in [-0.05, 0) is 23.3 Å². The topological polar surface area (TPSA) is 58.5 Å². The average Bonchev–Trinajstić information content (AvgIpc) is 3.38. The first kappa shape index (κ1) is 15.4. The van der Waals surface area contributed by atoms with Crippen LogP contribution in [0.4, 0.5) is 0 Å². The average molecular weight is 329 g/mol. The zero-order valence-corrected chi connectivity index (χ0v) is 13.7. The molecule has 0 radical (unpaired) electrons. The van der Waals surface area contributed by atoms with E-state index < -0.39 is 0 Å². The summed E-state index contributed by atoms with van der Waals surface area (Å²) in [6, 6.07) is 18.8. The molecule has 0 saturated carbocycles. The van der Waals surface area contributed by atoms with Crippen LogP contribution in [-0.2, 0) is 6.54 Å². The summed E-state index contributed by atoms with van der Waals surface area (Å²) < 4.78 is 1.99. The largest absolute Gasteiger partial charge is 0.347 e. The third kappa shape index (κ3) is 3.51. The third-order valence-electron chi connectivity index (χ3n) is 4.17. The number of aromatic nitrogens is 4. The Morgan fingerprint density at radius 2 is 1.84 bits per heavy atom. The van der Waals surface area contributed by atoms with Crippen LogP contribution in [0.15, 0.2) is 85.7 Å². The fourth-order valence-electron chi connectivity index (χ4n) is 2.87. The second-order valence-corrected chi connectivity index (χ2v) is 5.84. The van der Waals surface area contributed by atoms with E-state index in [-0.39, 0.29) is 6.04 Å². The van der Waals surface area contributed by atoms with Crippen molar-refractivity contribution in [1.82, 2.24) is 24.8 Å². The number of hydrogen-bond donors (Lipinski definition) is 2. The lowest BCUT2D eigenvalue weighted by molar-refractivity contribution is 0.581. The van der Waals surface area contributed by atoms with Crippen LogP contribution in [-0.4, -0.2) is 19.5 Å². The highest BCUT2D eigenvalue weighted by molar-refractivity contribution is 5.34. The number of rotatable bonds is 6. The van der Waals surface area contributed by atoms with Crippen molar-refractivity contribution < 1.29 is 0 Å². The van der Waals surface area contributed by atoms with Gasteiger partial charge in [0.25, 0.3) is 0 Å². The van der Waals surface area contributed by atoms with Crippen molar-refractivity contribution in [2.24, 2.45) is 0 Å². The maximum absolute atomic E-state index is 4.42. The normalized spacial score (nSPS) is 12.2. The summed E-state index contributed by atoms with van der Waals surface area (Å²) in [6.45, 7) is 0.754. The number of imidazole rings is 2. The third-order valence-corrected chi connectivity index (χ3v) is 4.17. The van der Waals surface area contributed by atoms with E-state index in [4.69, 9.17) is 0 Å². The van der Waals surface area contributed by atoms with Gasteiger partial charge in [-0.2, -0.15) is 0 Å². The quantitative estimate of drug-likeness (QED) is 0.569. The lowest BCUT2D eigenvalue weighted by Gasteiger charge is -2.17. The Morgan fingerprint density at radius 3 is 2.52 bits per heavy atom. The molecule has 0 saturated heterocycles. The zero-order valence-electron chi connectivity index (χ0n) is 13.7. The van der Waals surface area contributed by atoms with E-state index in [1.165, 1.54) is 11.1 Å². The summed E-state index contributed by atoms with van der Waals surface area (Å²) in [6.07, 6.45) is 9.16. The van der Waals surface area contributed by atoms with Gasteiger partial charge >= 0.3 is 0 Å². The van der Waals surface area contributed by atoms with Crippen LogP contribution in [0.1, 0.15) is 23.0 Å². The summed E-state index contributed by atoms with van der Waals surface area (Å²) in [5, 5.41) is 3.60. The van der Waals surface area contributed by atoms with E-state index in [2.05, 4.69) is 56.7 Å². The predicted octanol–water partition coefficient (Wildman–Crippen LogP) is 3.47. The van der Waals surface area contributed by atoms with Crippen LogP contribution in [0.2, 0.25) is 0 Å². The highest BCUT2D eigenvalue weighted by Gasteiger charge is 2.15. The first-order valence-electron chi connectivity index (χ1n) is 8.25. The smallest absolute Gasteiger partial charge is 0.127 e. The van der Waals surface area contributed by atoms with Crippen molar-refractivity contribution in [1.29, 1.82) is 0 Å². The Kier molecular flexibility index (Phi) is 4.39. The molecule has 2 heterocycles. The molecule has 0 aliphatic carbocycles. The molecule has 4 aromatic rings. The van der Waals surface area contributed by atoms with Gasteiger partial charge in [0.1, 0.15) is 5.82 Å². The molecule has 5 nitrogen and oxygen atoms in total. The van der Waals surface area contributed by atoms with Crippen molar-refractivity contribution in [3.63, 3.8) is 0 Å². The molecule has 0 aliphatic rings. The van der Waals surface area contributed by atoms with E-state index in [9.17, 15) is 0 Å². The van der Waals surface area contributed by atoms with Gasteiger partial charge in [0.15, 0.2) is 0 Å². The van der Waals surface area contributed by atoms with Gasteiger partial charge in [0.2, 0.25) is 0 Å².